The van der Waals surface area contributed by atoms with Crippen LogP contribution in [0.15, 0.2) is 53.7 Å². The third-order valence-electron chi connectivity index (χ3n) is 3.10. The molecule has 0 aliphatic carbocycles. The summed E-state index contributed by atoms with van der Waals surface area (Å²) in [5, 5.41) is 14.2. The molecule has 2 rings (SSSR count). The molecule has 8 heteroatoms. The van der Waals surface area contributed by atoms with Crippen LogP contribution >= 0.6 is 0 Å². The number of amidine groups is 1. The highest BCUT2D eigenvalue weighted by molar-refractivity contribution is 5.90. The largest absolute Gasteiger partial charge is 0.497 e. The quantitative estimate of drug-likeness (QED) is 0.286. The van der Waals surface area contributed by atoms with Crippen LogP contribution in [0.1, 0.15) is 15.9 Å². The molecule has 0 saturated carbocycles. The lowest BCUT2D eigenvalue weighted by Gasteiger charge is -2.03. The van der Waals surface area contributed by atoms with Crippen molar-refractivity contribution in [1.82, 2.24) is 0 Å². The van der Waals surface area contributed by atoms with Gasteiger partial charge in [-0.25, -0.2) is 4.79 Å². The van der Waals surface area contributed by atoms with Gasteiger partial charge in [-0.1, -0.05) is 17.3 Å². The van der Waals surface area contributed by atoms with E-state index in [1.807, 2.05) is 0 Å². The van der Waals surface area contributed by atoms with Crippen molar-refractivity contribution in [3.05, 3.63) is 69.8 Å². The summed E-state index contributed by atoms with van der Waals surface area (Å²) in [6, 6.07) is 12.2. The maximum Gasteiger partial charge on any atom is 0.365 e. The third-order valence-corrected chi connectivity index (χ3v) is 3.10. The Morgan fingerprint density at radius 3 is 2.33 bits per heavy atom. The molecule has 0 aliphatic heterocycles. The average Bonchev–Trinajstić information content (AvgIpc) is 2.60. The summed E-state index contributed by atoms with van der Waals surface area (Å²) in [7, 11) is 1.52. The van der Waals surface area contributed by atoms with Gasteiger partial charge in [0, 0.05) is 18.6 Å². The van der Waals surface area contributed by atoms with Crippen LogP contribution in [-0.2, 0) is 11.3 Å². The number of oxime groups is 1. The highest BCUT2D eigenvalue weighted by atomic mass is 16.7. The number of ether oxygens (including phenoxy) is 1. The van der Waals surface area contributed by atoms with Crippen LogP contribution in [0.2, 0.25) is 0 Å². The van der Waals surface area contributed by atoms with Crippen molar-refractivity contribution in [3.63, 3.8) is 0 Å². The predicted molar refractivity (Wildman–Crippen MR) is 86.8 cm³/mol. The van der Waals surface area contributed by atoms with Gasteiger partial charge in [0.05, 0.1) is 17.6 Å². The van der Waals surface area contributed by atoms with Gasteiger partial charge >= 0.3 is 5.97 Å². The van der Waals surface area contributed by atoms with Crippen LogP contribution in [-0.4, -0.2) is 23.8 Å². The summed E-state index contributed by atoms with van der Waals surface area (Å²) in [5.74, 6) is 0.0442. The highest BCUT2D eigenvalue weighted by Crippen LogP contribution is 2.13. The molecule has 0 amide bonds. The van der Waals surface area contributed by atoms with E-state index in [0.29, 0.717) is 16.9 Å². The second kappa shape index (κ2) is 7.73. The molecule has 0 fully saturated rings. The Bertz CT molecular complexity index is 754. The summed E-state index contributed by atoms with van der Waals surface area (Å²) in [5.41, 5.74) is 6.70. The summed E-state index contributed by atoms with van der Waals surface area (Å²) >= 11 is 0. The van der Waals surface area contributed by atoms with Crippen LogP contribution in [0, 0.1) is 10.1 Å². The van der Waals surface area contributed by atoms with Crippen molar-refractivity contribution in [3.8, 4) is 5.75 Å². The number of nitro benzene ring substituents is 1. The molecule has 8 nitrogen and oxygen atoms in total. The topological polar surface area (TPSA) is 117 Å². The monoisotopic (exact) mass is 329 g/mol. The zero-order chi connectivity index (χ0) is 17.5. The lowest BCUT2D eigenvalue weighted by molar-refractivity contribution is -0.384. The molecule has 0 atom stereocenters. The fourth-order valence-electron chi connectivity index (χ4n) is 1.86. The van der Waals surface area contributed by atoms with E-state index in [4.69, 9.17) is 15.3 Å². The van der Waals surface area contributed by atoms with E-state index in [0.717, 1.165) is 0 Å². The number of rotatable bonds is 6. The van der Waals surface area contributed by atoms with Gasteiger partial charge in [0.1, 0.15) is 11.6 Å². The number of carbonyl (C=O) groups excluding carboxylic acids is 1. The van der Waals surface area contributed by atoms with E-state index in [9.17, 15) is 14.9 Å². The Morgan fingerprint density at radius 2 is 1.79 bits per heavy atom. The van der Waals surface area contributed by atoms with Crippen molar-refractivity contribution in [2.75, 3.05) is 7.11 Å². The average molecular weight is 329 g/mol. The molecular formula is C16H15N3O5. The number of methoxy groups -OCH3 is 1. The fourth-order valence-corrected chi connectivity index (χ4v) is 1.86. The van der Waals surface area contributed by atoms with Crippen molar-refractivity contribution in [2.45, 2.75) is 6.42 Å². The van der Waals surface area contributed by atoms with Gasteiger partial charge in [-0.05, 0) is 29.8 Å². The Labute approximate surface area is 137 Å². The van der Waals surface area contributed by atoms with E-state index < -0.39 is 10.9 Å². The lowest BCUT2D eigenvalue weighted by Crippen LogP contribution is -2.16. The number of nitro groups is 1. The molecule has 0 radical (unpaired) electrons. The SMILES string of the molecule is COc1ccc(C(=O)O/N=C(\N)Cc2ccc([N+](=O)[O-])cc2)cc1. The van der Waals surface area contributed by atoms with Gasteiger partial charge in [0.15, 0.2) is 0 Å². The first-order valence-electron chi connectivity index (χ1n) is 6.90. The first kappa shape index (κ1) is 16.9. The van der Waals surface area contributed by atoms with E-state index in [1.54, 1.807) is 36.4 Å². The molecule has 0 saturated heterocycles. The fraction of sp³-hybridized carbons (Fsp3) is 0.125. The standard InChI is InChI=1S/C16H15N3O5/c1-23-14-8-4-12(5-9-14)16(20)24-18-15(17)10-11-2-6-13(7-3-11)19(21)22/h2-9H,10H2,1H3,(H2,17,18). The first-order valence-corrected chi connectivity index (χ1v) is 6.90. The molecular weight excluding hydrogens is 314 g/mol. The number of carbonyl (C=O) groups is 1. The van der Waals surface area contributed by atoms with Crippen molar-refractivity contribution < 1.29 is 19.3 Å². The summed E-state index contributed by atoms with van der Waals surface area (Å²) in [6.45, 7) is 0. The summed E-state index contributed by atoms with van der Waals surface area (Å²) in [4.78, 5) is 26.7. The molecule has 124 valence electrons. The Hall–Kier alpha value is -3.42. The Morgan fingerprint density at radius 1 is 1.17 bits per heavy atom. The molecule has 2 aromatic rings. The van der Waals surface area contributed by atoms with Crippen molar-refractivity contribution >= 4 is 17.5 Å². The van der Waals surface area contributed by atoms with Crippen LogP contribution in [0.25, 0.3) is 0 Å². The molecule has 0 unspecified atom stereocenters. The van der Waals surface area contributed by atoms with Crippen LogP contribution < -0.4 is 10.5 Å². The van der Waals surface area contributed by atoms with Crippen LogP contribution in [0.3, 0.4) is 0 Å². The van der Waals surface area contributed by atoms with Crippen molar-refractivity contribution in [1.29, 1.82) is 0 Å². The van der Waals surface area contributed by atoms with Gasteiger partial charge < -0.3 is 15.3 Å². The Balaban J connectivity index is 1.95. The molecule has 0 spiro atoms. The Kier molecular flexibility index (Phi) is 5.45. The maximum absolute atomic E-state index is 11.8. The van der Waals surface area contributed by atoms with Gasteiger partial charge in [0.2, 0.25) is 0 Å². The first-order chi connectivity index (χ1) is 11.5. The van der Waals surface area contributed by atoms with E-state index >= 15 is 0 Å². The highest BCUT2D eigenvalue weighted by Gasteiger charge is 2.09. The van der Waals surface area contributed by atoms with E-state index in [1.165, 1.54) is 19.2 Å². The predicted octanol–water partition coefficient (Wildman–Crippen LogP) is 2.28. The molecule has 0 bridgehead atoms. The number of nitrogens with zero attached hydrogens (tertiary/aromatic N) is 2. The summed E-state index contributed by atoms with van der Waals surface area (Å²) in [6.07, 6.45) is 0.202. The molecule has 2 aromatic carbocycles. The smallest absolute Gasteiger partial charge is 0.365 e. The molecule has 2 N–H and O–H groups in total. The van der Waals surface area contributed by atoms with Crippen LogP contribution in [0.4, 0.5) is 5.69 Å². The summed E-state index contributed by atoms with van der Waals surface area (Å²) < 4.78 is 4.99. The van der Waals surface area contributed by atoms with E-state index in [2.05, 4.69) is 5.16 Å². The van der Waals surface area contributed by atoms with Gasteiger partial charge in [-0.2, -0.15) is 0 Å². The number of nitrogens with two attached hydrogens (primary N) is 1. The number of hydrogen-bond donors (Lipinski definition) is 1. The van der Waals surface area contributed by atoms with Gasteiger partial charge in [0.25, 0.3) is 5.69 Å². The minimum Gasteiger partial charge on any atom is -0.497 e. The minimum atomic E-state index is -0.649. The third kappa shape index (κ3) is 4.54. The number of hydrogen-bond acceptors (Lipinski definition) is 6. The van der Waals surface area contributed by atoms with Crippen molar-refractivity contribution in [2.24, 2.45) is 10.9 Å². The number of benzene rings is 2. The minimum absolute atomic E-state index is 0.0137. The zero-order valence-corrected chi connectivity index (χ0v) is 12.8. The second-order valence-corrected chi connectivity index (χ2v) is 4.79. The molecule has 24 heavy (non-hydrogen) atoms. The lowest BCUT2D eigenvalue weighted by atomic mass is 10.1. The maximum atomic E-state index is 11.8. The number of non-ortho nitro benzene ring substituents is 1. The van der Waals surface area contributed by atoms with Gasteiger partial charge in [-0.3, -0.25) is 10.1 Å². The van der Waals surface area contributed by atoms with Crippen LogP contribution in [0.5, 0.6) is 5.75 Å². The van der Waals surface area contributed by atoms with Gasteiger partial charge in [-0.15, -0.1) is 0 Å². The molecule has 0 aromatic heterocycles. The normalized spacial score (nSPS) is 11.0. The zero-order valence-electron chi connectivity index (χ0n) is 12.8. The van der Waals surface area contributed by atoms with E-state index in [-0.39, 0.29) is 17.9 Å². The second-order valence-electron chi connectivity index (χ2n) is 4.79. The molecule has 0 aliphatic rings. The molecule has 0 heterocycles.